The molecular formula is C31H64N8O2. The normalized spacial score (nSPS) is 29.4. The van der Waals surface area contributed by atoms with E-state index in [1.165, 1.54) is 0 Å². The van der Waals surface area contributed by atoms with Gasteiger partial charge in [-0.25, -0.2) is 0 Å². The molecule has 0 aromatic heterocycles. The molecule has 10 nitrogen and oxygen atoms in total. The third-order valence-corrected chi connectivity index (χ3v) is 11.2. The molecule has 0 bridgehead atoms. The van der Waals surface area contributed by atoms with Crippen molar-refractivity contribution in [2.24, 2.45) is 23.7 Å². The standard InChI is InChI=1S/C31H64N8O2/c1-22-28(32(3)4,33(5)6)20-26(40)24(30(22,36(11)12)37(13)14)19-25-27(41)21-29(34(7)8,35(9)10)23(2)31(25,38(15)16)39(17)18/h20-25,40-41H,19H2,1-18H3. The molecule has 0 heterocycles. The molecule has 0 aliphatic heterocycles. The maximum Gasteiger partial charge on any atom is 0.101 e. The summed E-state index contributed by atoms with van der Waals surface area (Å²) in [5.74, 6) is 0.249. The topological polar surface area (TPSA) is 66.4 Å². The van der Waals surface area contributed by atoms with Crippen LogP contribution in [0.4, 0.5) is 0 Å². The molecular weight excluding hydrogens is 516 g/mol. The molecule has 10 heteroatoms. The van der Waals surface area contributed by atoms with Gasteiger partial charge in [-0.1, -0.05) is 13.8 Å². The Labute approximate surface area is 252 Å². The Bertz CT molecular complexity index is 861. The Balaban J connectivity index is 3.02. The van der Waals surface area contributed by atoms with E-state index in [9.17, 15) is 10.2 Å². The minimum atomic E-state index is -0.571. The van der Waals surface area contributed by atoms with E-state index in [1.54, 1.807) is 0 Å². The zero-order valence-electron chi connectivity index (χ0n) is 29.6. The summed E-state index contributed by atoms with van der Waals surface area (Å²) in [6.45, 7) is 4.59. The van der Waals surface area contributed by atoms with Crippen molar-refractivity contribution in [1.82, 2.24) is 39.2 Å². The molecule has 2 aliphatic carbocycles. The SMILES string of the molecule is CC1C(N(C)C)(N(C)C)C=C(O)C(CC2C(O)=CC(N(C)C)(N(C)C)C(C)C2(N(C)C)N(C)C)C1(N(C)C)N(C)C. The van der Waals surface area contributed by atoms with Gasteiger partial charge in [0.05, 0.1) is 22.8 Å². The summed E-state index contributed by atoms with van der Waals surface area (Å²) in [5.41, 5.74) is -2.20. The van der Waals surface area contributed by atoms with Crippen LogP contribution in [0.15, 0.2) is 23.7 Å². The summed E-state index contributed by atoms with van der Waals surface area (Å²) in [6.07, 6.45) is 4.66. The van der Waals surface area contributed by atoms with E-state index in [4.69, 9.17) is 0 Å². The van der Waals surface area contributed by atoms with Gasteiger partial charge < -0.3 is 10.2 Å². The third-order valence-electron chi connectivity index (χ3n) is 11.2. The molecule has 41 heavy (non-hydrogen) atoms. The second-order valence-corrected chi connectivity index (χ2v) is 14.2. The number of hydrogen-bond acceptors (Lipinski definition) is 10. The molecule has 0 aromatic rings. The lowest BCUT2D eigenvalue weighted by atomic mass is 9.60. The van der Waals surface area contributed by atoms with Gasteiger partial charge in [0.2, 0.25) is 0 Å². The average molecular weight is 581 g/mol. The van der Waals surface area contributed by atoms with Gasteiger partial charge in [0.15, 0.2) is 0 Å². The molecule has 2 rings (SSSR count). The molecule has 0 saturated heterocycles. The van der Waals surface area contributed by atoms with Gasteiger partial charge in [0.25, 0.3) is 0 Å². The maximum absolute atomic E-state index is 12.2. The Morgan fingerprint density at radius 3 is 0.854 bits per heavy atom. The largest absolute Gasteiger partial charge is 0.512 e. The molecule has 2 aliphatic rings. The van der Waals surface area contributed by atoms with Crippen molar-refractivity contribution in [2.45, 2.75) is 42.9 Å². The van der Waals surface area contributed by atoms with Crippen molar-refractivity contribution in [3.05, 3.63) is 23.7 Å². The fourth-order valence-corrected chi connectivity index (χ4v) is 9.84. The van der Waals surface area contributed by atoms with Crippen LogP contribution >= 0.6 is 0 Å². The van der Waals surface area contributed by atoms with Gasteiger partial charge >= 0.3 is 0 Å². The lowest BCUT2D eigenvalue weighted by Gasteiger charge is -2.66. The molecule has 0 spiro atoms. The fraction of sp³-hybridized carbons (Fsp3) is 0.871. The van der Waals surface area contributed by atoms with E-state index in [0.717, 1.165) is 0 Å². The summed E-state index contributed by atoms with van der Waals surface area (Å²) in [7, 11) is 33.6. The molecule has 240 valence electrons. The van der Waals surface area contributed by atoms with E-state index in [2.05, 4.69) is 178 Å². The minimum Gasteiger partial charge on any atom is -0.512 e. The van der Waals surface area contributed by atoms with Crippen molar-refractivity contribution in [1.29, 1.82) is 0 Å². The first-order valence-electron chi connectivity index (χ1n) is 14.8. The zero-order valence-corrected chi connectivity index (χ0v) is 29.6. The molecule has 0 aromatic carbocycles. The van der Waals surface area contributed by atoms with E-state index in [0.29, 0.717) is 17.9 Å². The third kappa shape index (κ3) is 4.77. The number of nitrogens with zero attached hydrogens (tertiary/aromatic N) is 8. The van der Waals surface area contributed by atoms with Crippen LogP contribution in [0.2, 0.25) is 0 Å². The molecule has 2 N–H and O–H groups in total. The Kier molecular flexibility index (Phi) is 10.6. The maximum atomic E-state index is 12.2. The summed E-state index contributed by atoms with van der Waals surface area (Å²) in [5, 5.41) is 24.3. The fourth-order valence-electron chi connectivity index (χ4n) is 9.84. The second-order valence-electron chi connectivity index (χ2n) is 14.2. The zero-order chi connectivity index (χ0) is 32.2. The van der Waals surface area contributed by atoms with Crippen LogP contribution in [0.5, 0.6) is 0 Å². The lowest BCUT2D eigenvalue weighted by Crippen LogP contribution is -2.78. The number of likely N-dealkylation sites (N-methyl/N-ethyl adjacent to an activating group) is 4. The van der Waals surface area contributed by atoms with Crippen molar-refractivity contribution in [2.75, 3.05) is 113 Å². The van der Waals surface area contributed by atoms with E-state index >= 15 is 0 Å². The predicted molar refractivity (Wildman–Crippen MR) is 172 cm³/mol. The van der Waals surface area contributed by atoms with Crippen molar-refractivity contribution >= 4 is 0 Å². The van der Waals surface area contributed by atoms with Gasteiger partial charge in [-0.05, 0) is 131 Å². The van der Waals surface area contributed by atoms with Crippen LogP contribution in [-0.2, 0) is 0 Å². The van der Waals surface area contributed by atoms with Gasteiger partial charge in [-0.15, -0.1) is 0 Å². The molecule has 0 saturated carbocycles. The van der Waals surface area contributed by atoms with E-state index < -0.39 is 22.7 Å². The molecule has 0 radical (unpaired) electrons. The van der Waals surface area contributed by atoms with Crippen molar-refractivity contribution in [3.8, 4) is 0 Å². The second kappa shape index (κ2) is 12.0. The molecule has 4 atom stereocenters. The Morgan fingerprint density at radius 2 is 0.683 bits per heavy atom. The van der Waals surface area contributed by atoms with Gasteiger partial charge in [0, 0.05) is 23.7 Å². The van der Waals surface area contributed by atoms with Crippen LogP contribution in [0.3, 0.4) is 0 Å². The van der Waals surface area contributed by atoms with Crippen LogP contribution < -0.4 is 0 Å². The number of hydrogen-bond donors (Lipinski definition) is 2. The summed E-state index contributed by atoms with van der Waals surface area (Å²) >= 11 is 0. The number of rotatable bonds is 10. The van der Waals surface area contributed by atoms with Gasteiger partial charge in [-0.3, -0.25) is 39.2 Å². The first-order valence-corrected chi connectivity index (χ1v) is 14.8. The van der Waals surface area contributed by atoms with Crippen LogP contribution in [0.25, 0.3) is 0 Å². The highest BCUT2D eigenvalue weighted by Gasteiger charge is 2.65. The molecule has 0 amide bonds. The first kappa shape index (κ1) is 36.0. The van der Waals surface area contributed by atoms with E-state index in [-0.39, 0.29) is 23.7 Å². The summed E-state index contributed by atoms with van der Waals surface area (Å²) < 4.78 is 0. The number of aliphatic hydroxyl groups excluding tert-OH is 2. The number of aliphatic hydroxyl groups is 2. The van der Waals surface area contributed by atoms with Gasteiger partial charge in [0.1, 0.15) is 11.3 Å². The highest BCUT2D eigenvalue weighted by Crippen LogP contribution is 2.56. The Hall–Kier alpha value is -1.24. The average Bonchev–Trinajstić information content (AvgIpc) is 2.81. The van der Waals surface area contributed by atoms with Crippen molar-refractivity contribution < 1.29 is 10.2 Å². The van der Waals surface area contributed by atoms with Crippen LogP contribution in [-0.4, -0.2) is 185 Å². The first-order chi connectivity index (χ1) is 18.6. The highest BCUT2D eigenvalue weighted by atomic mass is 16.3. The molecule has 4 unspecified atom stereocenters. The van der Waals surface area contributed by atoms with Crippen molar-refractivity contribution in [3.63, 3.8) is 0 Å². The summed E-state index contributed by atoms with van der Waals surface area (Å²) in [6, 6.07) is 0. The summed E-state index contributed by atoms with van der Waals surface area (Å²) in [4.78, 5) is 17.9. The Morgan fingerprint density at radius 1 is 0.463 bits per heavy atom. The minimum absolute atomic E-state index is 0.0498. The monoisotopic (exact) mass is 581 g/mol. The lowest BCUT2D eigenvalue weighted by molar-refractivity contribution is -0.192. The quantitative estimate of drug-likeness (QED) is 0.376. The van der Waals surface area contributed by atoms with Crippen LogP contribution in [0, 0.1) is 23.7 Å². The highest BCUT2D eigenvalue weighted by molar-refractivity contribution is 5.30. The van der Waals surface area contributed by atoms with E-state index in [1.807, 2.05) is 0 Å². The van der Waals surface area contributed by atoms with Crippen LogP contribution in [0.1, 0.15) is 20.3 Å². The molecule has 0 fully saturated rings. The van der Waals surface area contributed by atoms with Gasteiger partial charge in [-0.2, -0.15) is 0 Å². The predicted octanol–water partition coefficient (Wildman–Crippen LogP) is 2.07. The smallest absolute Gasteiger partial charge is 0.101 e.